The number of aromatic nitrogens is 1. The Labute approximate surface area is 136 Å². The Hall–Kier alpha value is -2.31. The molecule has 0 N–H and O–H groups in total. The Morgan fingerprint density at radius 3 is 2.55 bits per heavy atom. The highest BCUT2D eigenvalue weighted by Gasteiger charge is 2.37. The third kappa shape index (κ3) is 2.84. The van der Waals surface area contributed by atoms with Gasteiger partial charge < -0.3 is 0 Å². The molecule has 3 rings (SSSR count). The van der Waals surface area contributed by atoms with Gasteiger partial charge in [0.15, 0.2) is 4.32 Å². The van der Waals surface area contributed by atoms with Crippen molar-refractivity contribution in [2.45, 2.75) is 0 Å². The van der Waals surface area contributed by atoms with Gasteiger partial charge in [0.25, 0.3) is 11.8 Å². The average Bonchev–Trinajstić information content (AvgIpc) is 2.82. The number of nitrogens with zero attached hydrogens (tertiary/aromatic N) is 2. The van der Waals surface area contributed by atoms with Crippen LogP contribution in [0.1, 0.15) is 16.1 Å². The number of thioether (sulfide) groups is 1. The minimum atomic E-state index is -0.500. The lowest BCUT2D eigenvalue weighted by molar-refractivity contribution is -0.120. The molecule has 2 amide bonds. The van der Waals surface area contributed by atoms with Gasteiger partial charge in [0.1, 0.15) is 5.69 Å². The normalized spacial score (nSPS) is 16.4. The molecule has 0 spiro atoms. The molecule has 0 saturated carbocycles. The van der Waals surface area contributed by atoms with Gasteiger partial charge in [-0.2, -0.15) is 0 Å². The third-order valence-electron chi connectivity index (χ3n) is 2.98. The van der Waals surface area contributed by atoms with Gasteiger partial charge in [0, 0.05) is 6.20 Å². The van der Waals surface area contributed by atoms with Gasteiger partial charge in [-0.05, 0) is 23.8 Å². The van der Waals surface area contributed by atoms with Crippen molar-refractivity contribution in [1.82, 2.24) is 9.88 Å². The Morgan fingerprint density at radius 1 is 1.14 bits per heavy atom. The second kappa shape index (κ2) is 6.21. The summed E-state index contributed by atoms with van der Waals surface area (Å²) < 4.78 is 0.225. The van der Waals surface area contributed by atoms with E-state index in [4.69, 9.17) is 12.2 Å². The summed E-state index contributed by atoms with van der Waals surface area (Å²) in [5.74, 6) is -0.908. The zero-order valence-electron chi connectivity index (χ0n) is 11.3. The second-order valence-electron chi connectivity index (χ2n) is 4.45. The molecule has 4 nitrogen and oxygen atoms in total. The lowest BCUT2D eigenvalue weighted by Gasteiger charge is -2.11. The standard InChI is InChI=1S/C16H10N2O2S2/c19-14(12-8-4-5-9-17-12)18-15(20)13(22-16(18)21)10-11-6-2-1-3-7-11/h1-10H/b13-10+. The molecular formula is C16H10N2O2S2. The van der Waals surface area contributed by atoms with E-state index < -0.39 is 11.8 Å². The smallest absolute Gasteiger partial charge is 0.268 e. The number of pyridine rings is 1. The maximum atomic E-state index is 12.4. The molecule has 108 valence electrons. The molecule has 0 radical (unpaired) electrons. The zero-order valence-corrected chi connectivity index (χ0v) is 12.9. The Kier molecular flexibility index (Phi) is 4.13. The number of hydrogen-bond donors (Lipinski definition) is 0. The first kappa shape index (κ1) is 14.6. The minimum absolute atomic E-state index is 0.194. The number of carbonyl (C=O) groups excluding carboxylic acids is 2. The first-order chi connectivity index (χ1) is 10.7. The van der Waals surface area contributed by atoms with E-state index in [9.17, 15) is 9.59 Å². The van der Waals surface area contributed by atoms with Crippen molar-refractivity contribution in [3.63, 3.8) is 0 Å². The first-order valence-electron chi connectivity index (χ1n) is 6.45. The number of amides is 2. The molecule has 1 fully saturated rings. The van der Waals surface area contributed by atoms with Crippen LogP contribution in [0.3, 0.4) is 0 Å². The van der Waals surface area contributed by atoms with Crippen LogP contribution in [0.25, 0.3) is 6.08 Å². The maximum Gasteiger partial charge on any atom is 0.285 e. The van der Waals surface area contributed by atoms with Crippen molar-refractivity contribution < 1.29 is 9.59 Å². The minimum Gasteiger partial charge on any atom is -0.268 e. The maximum absolute atomic E-state index is 12.4. The molecule has 0 aliphatic carbocycles. The number of hydrogen-bond acceptors (Lipinski definition) is 5. The number of benzene rings is 1. The van der Waals surface area contributed by atoms with Gasteiger partial charge in [0.2, 0.25) is 0 Å². The summed E-state index contributed by atoms with van der Waals surface area (Å²) in [6.45, 7) is 0. The quantitative estimate of drug-likeness (QED) is 0.482. The molecule has 2 aromatic rings. The molecule has 1 aromatic carbocycles. The molecule has 22 heavy (non-hydrogen) atoms. The van der Waals surface area contributed by atoms with Gasteiger partial charge in [0.05, 0.1) is 4.91 Å². The van der Waals surface area contributed by atoms with E-state index in [1.165, 1.54) is 6.20 Å². The fourth-order valence-corrected chi connectivity index (χ4v) is 3.20. The predicted octanol–water partition coefficient (Wildman–Crippen LogP) is 3.12. The van der Waals surface area contributed by atoms with Crippen molar-refractivity contribution in [1.29, 1.82) is 0 Å². The monoisotopic (exact) mass is 326 g/mol. The van der Waals surface area contributed by atoms with Gasteiger partial charge in [-0.1, -0.05) is 60.4 Å². The molecule has 1 aliphatic rings. The highest BCUT2D eigenvalue weighted by atomic mass is 32.2. The summed E-state index contributed by atoms with van der Waals surface area (Å²) in [4.78, 5) is 30.2. The van der Waals surface area contributed by atoms with Crippen LogP contribution in [0.4, 0.5) is 0 Å². The zero-order chi connectivity index (χ0) is 15.5. The van der Waals surface area contributed by atoms with E-state index in [1.54, 1.807) is 24.3 Å². The molecule has 1 saturated heterocycles. The summed E-state index contributed by atoms with van der Waals surface area (Å²) in [6.07, 6.45) is 3.23. The van der Waals surface area contributed by atoms with Crippen LogP contribution in [0.15, 0.2) is 59.6 Å². The molecule has 1 aliphatic heterocycles. The van der Waals surface area contributed by atoms with Gasteiger partial charge in [-0.15, -0.1) is 0 Å². The van der Waals surface area contributed by atoms with Crippen molar-refractivity contribution in [2.24, 2.45) is 0 Å². The van der Waals surface area contributed by atoms with Crippen LogP contribution < -0.4 is 0 Å². The third-order valence-corrected chi connectivity index (χ3v) is 4.28. The van der Waals surface area contributed by atoms with E-state index in [0.29, 0.717) is 4.91 Å². The fourth-order valence-electron chi connectivity index (χ4n) is 1.95. The van der Waals surface area contributed by atoms with E-state index in [2.05, 4.69) is 4.98 Å². The number of carbonyl (C=O) groups is 2. The number of imide groups is 1. The Bertz CT molecular complexity index is 773. The number of rotatable bonds is 2. The molecule has 0 atom stereocenters. The van der Waals surface area contributed by atoms with Crippen molar-refractivity contribution in [2.75, 3.05) is 0 Å². The lowest BCUT2D eigenvalue weighted by atomic mass is 10.2. The summed E-state index contributed by atoms with van der Waals surface area (Å²) in [6, 6.07) is 14.4. The van der Waals surface area contributed by atoms with Crippen LogP contribution in [-0.4, -0.2) is 26.0 Å². The fraction of sp³-hybridized carbons (Fsp3) is 0. The Morgan fingerprint density at radius 2 is 1.86 bits per heavy atom. The van der Waals surface area contributed by atoms with E-state index in [0.717, 1.165) is 22.2 Å². The van der Waals surface area contributed by atoms with E-state index in [1.807, 2.05) is 30.3 Å². The van der Waals surface area contributed by atoms with E-state index in [-0.39, 0.29) is 10.0 Å². The molecule has 6 heteroatoms. The summed E-state index contributed by atoms with van der Waals surface area (Å²) in [5, 5.41) is 0. The molecule has 0 unspecified atom stereocenters. The summed E-state index contributed by atoms with van der Waals surface area (Å²) in [7, 11) is 0. The van der Waals surface area contributed by atoms with Crippen molar-refractivity contribution >= 4 is 46.2 Å². The summed E-state index contributed by atoms with van der Waals surface area (Å²) >= 11 is 6.29. The van der Waals surface area contributed by atoms with Gasteiger partial charge in [-0.25, -0.2) is 4.90 Å². The molecule has 2 heterocycles. The molecular weight excluding hydrogens is 316 g/mol. The highest BCUT2D eigenvalue weighted by molar-refractivity contribution is 8.26. The largest absolute Gasteiger partial charge is 0.285 e. The lowest BCUT2D eigenvalue weighted by Crippen LogP contribution is -2.35. The second-order valence-corrected chi connectivity index (χ2v) is 6.12. The van der Waals surface area contributed by atoms with Gasteiger partial charge in [-0.3, -0.25) is 14.6 Å². The van der Waals surface area contributed by atoms with Crippen LogP contribution in [0.2, 0.25) is 0 Å². The van der Waals surface area contributed by atoms with Crippen molar-refractivity contribution in [3.05, 3.63) is 70.9 Å². The SMILES string of the molecule is O=C1/C(=C\c2ccccc2)SC(=S)N1C(=O)c1ccccn1. The Balaban J connectivity index is 1.89. The van der Waals surface area contributed by atoms with Gasteiger partial charge >= 0.3 is 0 Å². The molecule has 1 aromatic heterocycles. The average molecular weight is 326 g/mol. The van der Waals surface area contributed by atoms with Crippen LogP contribution >= 0.6 is 24.0 Å². The van der Waals surface area contributed by atoms with E-state index >= 15 is 0 Å². The predicted molar refractivity (Wildman–Crippen MR) is 90.0 cm³/mol. The van der Waals surface area contributed by atoms with Crippen LogP contribution in [0.5, 0.6) is 0 Å². The number of thiocarbonyl (C=S) groups is 1. The molecule has 0 bridgehead atoms. The van der Waals surface area contributed by atoms with Crippen LogP contribution in [0, 0.1) is 0 Å². The van der Waals surface area contributed by atoms with Crippen LogP contribution in [-0.2, 0) is 4.79 Å². The topological polar surface area (TPSA) is 50.3 Å². The first-order valence-corrected chi connectivity index (χ1v) is 7.67. The summed E-state index contributed by atoms with van der Waals surface area (Å²) in [5.41, 5.74) is 1.08. The van der Waals surface area contributed by atoms with Crippen molar-refractivity contribution in [3.8, 4) is 0 Å². The highest BCUT2D eigenvalue weighted by Crippen LogP contribution is 2.33.